The van der Waals surface area contributed by atoms with Crippen LogP contribution in [0.2, 0.25) is 0 Å². The zero-order chi connectivity index (χ0) is 19.7. The summed E-state index contributed by atoms with van der Waals surface area (Å²) < 4.78 is 6.90. The quantitative estimate of drug-likeness (QED) is 0.623. The lowest BCUT2D eigenvalue weighted by atomic mass is 9.96. The molecule has 1 aliphatic rings. The van der Waals surface area contributed by atoms with Gasteiger partial charge in [0.2, 0.25) is 5.91 Å². The highest BCUT2D eigenvalue weighted by Gasteiger charge is 2.31. The fourth-order valence-corrected chi connectivity index (χ4v) is 3.29. The van der Waals surface area contributed by atoms with Crippen LogP contribution in [0.15, 0.2) is 30.5 Å². The number of carbonyl (C=O) groups is 1. The van der Waals surface area contributed by atoms with Gasteiger partial charge in [0.1, 0.15) is 11.6 Å². The van der Waals surface area contributed by atoms with Crippen LogP contribution in [-0.4, -0.2) is 81.5 Å². The number of likely N-dealkylation sites (N-methyl/N-ethyl adjacent to an activating group) is 1. The lowest BCUT2D eigenvalue weighted by Crippen LogP contribution is -2.53. The van der Waals surface area contributed by atoms with Gasteiger partial charge in [0.15, 0.2) is 11.2 Å². The van der Waals surface area contributed by atoms with Crippen molar-refractivity contribution >= 4 is 17.1 Å². The standard InChI is InChI=1S/C19H23N7O2/c1-24(2)12-18(27)25-10-13(11-25)8-17-20-9-16-19(21-17)26(23-22-16)14-4-6-15(28-3)7-5-14/h4-7,9,13H,8,10-12H2,1-3H3. The number of fused-ring (bicyclic) bond motifs is 1. The minimum absolute atomic E-state index is 0.166. The molecule has 9 heteroatoms. The van der Waals surface area contributed by atoms with Gasteiger partial charge < -0.3 is 14.5 Å². The van der Waals surface area contributed by atoms with Gasteiger partial charge in [-0.15, -0.1) is 5.10 Å². The largest absolute Gasteiger partial charge is 0.497 e. The molecular weight excluding hydrogens is 358 g/mol. The number of methoxy groups -OCH3 is 1. The van der Waals surface area contributed by atoms with Crippen molar-refractivity contribution in [1.29, 1.82) is 0 Å². The summed E-state index contributed by atoms with van der Waals surface area (Å²) in [5.41, 5.74) is 2.18. The van der Waals surface area contributed by atoms with Gasteiger partial charge in [-0.3, -0.25) is 4.79 Å². The van der Waals surface area contributed by atoms with Crippen molar-refractivity contribution in [2.75, 3.05) is 40.8 Å². The summed E-state index contributed by atoms with van der Waals surface area (Å²) in [4.78, 5) is 24.9. The van der Waals surface area contributed by atoms with Gasteiger partial charge in [-0.05, 0) is 38.4 Å². The lowest BCUT2D eigenvalue weighted by molar-refractivity contribution is -0.138. The second kappa shape index (κ2) is 7.51. The van der Waals surface area contributed by atoms with Gasteiger partial charge in [-0.1, -0.05) is 5.21 Å². The highest BCUT2D eigenvalue weighted by molar-refractivity contribution is 5.79. The van der Waals surface area contributed by atoms with Crippen LogP contribution in [0.1, 0.15) is 5.82 Å². The molecule has 2 aromatic heterocycles. The molecule has 0 radical (unpaired) electrons. The van der Waals surface area contributed by atoms with Gasteiger partial charge in [-0.2, -0.15) is 4.68 Å². The number of nitrogens with zero attached hydrogens (tertiary/aromatic N) is 7. The van der Waals surface area contributed by atoms with Crippen molar-refractivity contribution in [2.45, 2.75) is 6.42 Å². The molecule has 0 aliphatic carbocycles. The van der Waals surface area contributed by atoms with Crippen LogP contribution >= 0.6 is 0 Å². The minimum atomic E-state index is 0.166. The molecule has 1 aromatic carbocycles. The summed E-state index contributed by atoms with van der Waals surface area (Å²) >= 11 is 0. The second-order valence-electron chi connectivity index (χ2n) is 7.30. The monoisotopic (exact) mass is 381 g/mol. The minimum Gasteiger partial charge on any atom is -0.497 e. The fraction of sp³-hybridized carbons (Fsp3) is 0.421. The number of carbonyl (C=O) groups excluding carboxylic acids is 1. The van der Waals surface area contributed by atoms with Crippen LogP contribution in [0.25, 0.3) is 16.9 Å². The molecular formula is C19H23N7O2. The Hall–Kier alpha value is -3.07. The maximum absolute atomic E-state index is 12.0. The van der Waals surface area contributed by atoms with E-state index in [0.717, 1.165) is 36.8 Å². The maximum atomic E-state index is 12.0. The third kappa shape index (κ3) is 3.65. The molecule has 1 fully saturated rings. The Morgan fingerprint density at radius 2 is 2.00 bits per heavy atom. The maximum Gasteiger partial charge on any atom is 0.236 e. The first-order chi connectivity index (χ1) is 13.5. The number of amides is 1. The molecule has 0 atom stereocenters. The predicted molar refractivity (Wildman–Crippen MR) is 103 cm³/mol. The Bertz CT molecular complexity index is 978. The van der Waals surface area contributed by atoms with Crippen molar-refractivity contribution < 1.29 is 9.53 Å². The molecule has 0 bridgehead atoms. The van der Waals surface area contributed by atoms with Gasteiger partial charge in [-0.25, -0.2) is 9.97 Å². The van der Waals surface area contributed by atoms with Gasteiger partial charge in [0.25, 0.3) is 0 Å². The number of hydrogen-bond acceptors (Lipinski definition) is 7. The molecule has 4 rings (SSSR count). The van der Waals surface area contributed by atoms with Crippen molar-refractivity contribution in [1.82, 2.24) is 34.8 Å². The number of benzene rings is 1. The third-order valence-corrected chi connectivity index (χ3v) is 4.79. The van der Waals surface area contributed by atoms with E-state index in [9.17, 15) is 4.79 Å². The average molecular weight is 381 g/mol. The fourth-order valence-electron chi connectivity index (χ4n) is 3.29. The van der Waals surface area contributed by atoms with Crippen LogP contribution in [-0.2, 0) is 11.2 Å². The van der Waals surface area contributed by atoms with Gasteiger partial charge in [0, 0.05) is 25.4 Å². The first-order valence-corrected chi connectivity index (χ1v) is 9.17. The molecule has 28 heavy (non-hydrogen) atoms. The predicted octanol–water partition coefficient (Wildman–Crippen LogP) is 0.782. The van der Waals surface area contributed by atoms with E-state index < -0.39 is 0 Å². The highest BCUT2D eigenvalue weighted by Crippen LogP contribution is 2.21. The Balaban J connectivity index is 1.47. The number of ether oxygens (including phenoxy) is 1. The van der Waals surface area contributed by atoms with Crippen LogP contribution in [0.3, 0.4) is 0 Å². The summed E-state index contributed by atoms with van der Waals surface area (Å²) in [5.74, 6) is 2.07. The molecule has 9 nitrogen and oxygen atoms in total. The summed E-state index contributed by atoms with van der Waals surface area (Å²) in [6, 6.07) is 7.57. The van der Waals surface area contributed by atoms with Crippen molar-refractivity contribution in [3.8, 4) is 11.4 Å². The Kier molecular flexibility index (Phi) is 4.91. The molecule has 0 unspecified atom stereocenters. The normalized spacial score (nSPS) is 14.5. The molecule has 3 heterocycles. The van der Waals surface area contributed by atoms with Crippen molar-refractivity contribution in [2.24, 2.45) is 5.92 Å². The number of hydrogen-bond donors (Lipinski definition) is 0. The highest BCUT2D eigenvalue weighted by atomic mass is 16.5. The van der Waals surface area contributed by atoms with Crippen LogP contribution < -0.4 is 4.74 Å². The molecule has 0 spiro atoms. The number of likely N-dealkylation sites (tertiary alicyclic amines) is 1. The molecule has 1 aliphatic heterocycles. The first kappa shape index (κ1) is 18.3. The van der Waals surface area contributed by atoms with Crippen LogP contribution in [0.4, 0.5) is 0 Å². The Morgan fingerprint density at radius 3 is 2.68 bits per heavy atom. The summed E-state index contributed by atoms with van der Waals surface area (Å²) in [6.45, 7) is 1.95. The Morgan fingerprint density at radius 1 is 1.25 bits per heavy atom. The number of rotatable bonds is 6. The van der Waals surface area contributed by atoms with Crippen molar-refractivity contribution in [3.63, 3.8) is 0 Å². The van der Waals surface area contributed by atoms with Crippen molar-refractivity contribution in [3.05, 3.63) is 36.3 Å². The third-order valence-electron chi connectivity index (χ3n) is 4.79. The van der Waals surface area contributed by atoms with Gasteiger partial charge >= 0.3 is 0 Å². The number of aromatic nitrogens is 5. The van der Waals surface area contributed by atoms with Gasteiger partial charge in [0.05, 0.1) is 25.5 Å². The molecule has 146 valence electrons. The molecule has 1 amide bonds. The van der Waals surface area contributed by atoms with E-state index in [1.54, 1.807) is 18.0 Å². The molecule has 0 N–H and O–H groups in total. The Labute approximate surface area is 162 Å². The summed E-state index contributed by atoms with van der Waals surface area (Å²) in [6.07, 6.45) is 2.44. The summed E-state index contributed by atoms with van der Waals surface area (Å²) in [5, 5.41) is 8.36. The molecule has 0 saturated carbocycles. The SMILES string of the molecule is COc1ccc(-n2nnc3cnc(CC4CN(C(=O)CN(C)C)C4)nc32)cc1. The smallest absolute Gasteiger partial charge is 0.236 e. The van der Waals surface area contributed by atoms with E-state index in [-0.39, 0.29) is 5.91 Å². The van der Waals surface area contributed by atoms with Crippen LogP contribution in [0.5, 0.6) is 5.75 Å². The molecule has 1 saturated heterocycles. The topological polar surface area (TPSA) is 89.3 Å². The van der Waals surface area contributed by atoms with E-state index in [2.05, 4.69) is 20.3 Å². The zero-order valence-corrected chi connectivity index (χ0v) is 16.2. The van der Waals surface area contributed by atoms with E-state index in [1.807, 2.05) is 48.2 Å². The van der Waals surface area contributed by atoms with E-state index in [0.29, 0.717) is 23.6 Å². The van der Waals surface area contributed by atoms with E-state index >= 15 is 0 Å². The van der Waals surface area contributed by atoms with E-state index in [1.165, 1.54) is 0 Å². The average Bonchev–Trinajstić information content (AvgIpc) is 3.07. The summed E-state index contributed by atoms with van der Waals surface area (Å²) in [7, 11) is 5.44. The van der Waals surface area contributed by atoms with Crippen LogP contribution in [0, 0.1) is 5.92 Å². The molecule has 3 aromatic rings. The lowest BCUT2D eigenvalue weighted by Gasteiger charge is -2.39. The second-order valence-corrected chi connectivity index (χ2v) is 7.30. The van der Waals surface area contributed by atoms with E-state index in [4.69, 9.17) is 4.74 Å². The zero-order valence-electron chi connectivity index (χ0n) is 16.2. The first-order valence-electron chi connectivity index (χ1n) is 9.17.